The van der Waals surface area contributed by atoms with Gasteiger partial charge in [-0.3, -0.25) is 4.79 Å². The van der Waals surface area contributed by atoms with E-state index in [0.717, 1.165) is 25.9 Å². The van der Waals surface area contributed by atoms with Crippen molar-refractivity contribution in [3.05, 3.63) is 0 Å². The number of hydrogen-bond acceptors (Lipinski definition) is 1. The van der Waals surface area contributed by atoms with Gasteiger partial charge in [-0.05, 0) is 25.7 Å². The minimum absolute atomic E-state index is 0.403. The highest BCUT2D eigenvalue weighted by molar-refractivity contribution is 5.76. The number of carbonyl (C=O) groups excluding carboxylic acids is 1. The molecule has 0 saturated carbocycles. The number of rotatable bonds is 9. The van der Waals surface area contributed by atoms with Crippen LogP contribution in [0, 0.1) is 0 Å². The molecule has 1 saturated heterocycles. The van der Waals surface area contributed by atoms with Gasteiger partial charge < -0.3 is 4.90 Å². The lowest BCUT2D eigenvalue weighted by Crippen LogP contribution is -2.35. The fraction of sp³-hybridized carbons (Fsp3) is 0.944. The highest BCUT2D eigenvalue weighted by Gasteiger charge is 2.15. The molecule has 1 aliphatic heterocycles. The zero-order chi connectivity index (χ0) is 15.1. The number of hydrogen-bond donors (Lipinski definition) is 0. The molecule has 0 aliphatic carbocycles. The van der Waals surface area contributed by atoms with Gasteiger partial charge in [0.05, 0.1) is 0 Å². The molecule has 1 fully saturated rings. The predicted molar refractivity (Wildman–Crippen MR) is 89.0 cm³/mol. The van der Waals surface area contributed by atoms with Crippen molar-refractivity contribution in [3.63, 3.8) is 0 Å². The van der Waals surface area contributed by atoms with Gasteiger partial charge >= 0.3 is 0 Å². The molecule has 2 heteroatoms. The van der Waals surface area contributed by atoms with Crippen LogP contribution in [0.25, 0.3) is 0 Å². The smallest absolute Gasteiger partial charge is 0.222 e. The Kier molecular flexibility index (Phi) is 14.5. The van der Waals surface area contributed by atoms with E-state index in [9.17, 15) is 4.79 Å². The van der Waals surface area contributed by atoms with E-state index in [1.807, 2.05) is 13.8 Å². The van der Waals surface area contributed by atoms with Crippen molar-refractivity contribution in [2.45, 2.75) is 97.8 Å². The molecule has 1 heterocycles. The predicted octanol–water partition coefficient (Wildman–Crippen LogP) is 5.56. The minimum atomic E-state index is 0.403. The standard InChI is InChI=1S/C16H31NO.C2H6/c1-2-3-4-5-6-7-8-10-13-16(18)17-14-11-9-12-15-17;1-2/h2-15H2,1H3;1-2H3. The van der Waals surface area contributed by atoms with E-state index in [4.69, 9.17) is 0 Å². The molecule has 1 rings (SSSR count). The lowest BCUT2D eigenvalue weighted by molar-refractivity contribution is -0.132. The molecule has 0 spiro atoms. The Morgan fingerprint density at radius 2 is 1.30 bits per heavy atom. The molecule has 2 nitrogen and oxygen atoms in total. The summed E-state index contributed by atoms with van der Waals surface area (Å²) in [7, 11) is 0. The van der Waals surface area contributed by atoms with E-state index < -0.39 is 0 Å². The first kappa shape index (κ1) is 19.5. The van der Waals surface area contributed by atoms with Gasteiger partial charge in [-0.15, -0.1) is 0 Å². The summed E-state index contributed by atoms with van der Waals surface area (Å²) >= 11 is 0. The first-order chi connectivity index (χ1) is 9.84. The first-order valence-electron chi connectivity index (χ1n) is 9.12. The summed E-state index contributed by atoms with van der Waals surface area (Å²) in [5.41, 5.74) is 0. The number of piperidine rings is 1. The van der Waals surface area contributed by atoms with Crippen LogP contribution in [-0.2, 0) is 4.79 Å². The second kappa shape index (κ2) is 14.9. The average Bonchev–Trinajstić information content (AvgIpc) is 2.52. The summed E-state index contributed by atoms with van der Waals surface area (Å²) in [4.78, 5) is 14.0. The van der Waals surface area contributed by atoms with Crippen molar-refractivity contribution in [3.8, 4) is 0 Å². The topological polar surface area (TPSA) is 20.3 Å². The van der Waals surface area contributed by atoms with E-state index in [0.29, 0.717) is 5.91 Å². The summed E-state index contributed by atoms with van der Waals surface area (Å²) in [5.74, 6) is 0.403. The Hall–Kier alpha value is -0.530. The molecule has 120 valence electrons. The number of unbranched alkanes of at least 4 members (excludes halogenated alkanes) is 7. The van der Waals surface area contributed by atoms with E-state index in [2.05, 4.69) is 11.8 Å². The molecule has 1 aliphatic rings. The summed E-state index contributed by atoms with van der Waals surface area (Å²) in [6.07, 6.45) is 15.0. The molecule has 0 unspecified atom stereocenters. The molecule has 0 N–H and O–H groups in total. The zero-order valence-corrected chi connectivity index (χ0v) is 14.3. The summed E-state index contributed by atoms with van der Waals surface area (Å²) in [6, 6.07) is 0. The lowest BCUT2D eigenvalue weighted by atomic mass is 10.1. The lowest BCUT2D eigenvalue weighted by Gasteiger charge is -2.26. The maximum atomic E-state index is 11.9. The normalized spacial score (nSPS) is 14.7. The quantitative estimate of drug-likeness (QED) is 0.508. The zero-order valence-electron chi connectivity index (χ0n) is 14.3. The molecule has 0 aromatic heterocycles. The monoisotopic (exact) mass is 283 g/mol. The van der Waals surface area contributed by atoms with Crippen molar-refractivity contribution >= 4 is 5.91 Å². The van der Waals surface area contributed by atoms with Gasteiger partial charge in [-0.25, -0.2) is 0 Å². The fourth-order valence-corrected chi connectivity index (χ4v) is 2.71. The van der Waals surface area contributed by atoms with Crippen molar-refractivity contribution in [2.75, 3.05) is 13.1 Å². The largest absolute Gasteiger partial charge is 0.343 e. The minimum Gasteiger partial charge on any atom is -0.343 e. The van der Waals surface area contributed by atoms with E-state index >= 15 is 0 Å². The molecular weight excluding hydrogens is 246 g/mol. The van der Waals surface area contributed by atoms with Crippen molar-refractivity contribution in [1.82, 2.24) is 4.90 Å². The van der Waals surface area contributed by atoms with Gasteiger partial charge in [0.1, 0.15) is 0 Å². The van der Waals surface area contributed by atoms with Crippen molar-refractivity contribution in [1.29, 1.82) is 0 Å². The van der Waals surface area contributed by atoms with Gasteiger partial charge in [-0.1, -0.05) is 65.7 Å². The van der Waals surface area contributed by atoms with Crippen LogP contribution in [-0.4, -0.2) is 23.9 Å². The van der Waals surface area contributed by atoms with Crippen LogP contribution >= 0.6 is 0 Å². The number of nitrogens with zero attached hydrogens (tertiary/aromatic N) is 1. The first-order valence-corrected chi connectivity index (χ1v) is 9.12. The Balaban J connectivity index is 0.00000172. The van der Waals surface area contributed by atoms with Crippen LogP contribution in [0.15, 0.2) is 0 Å². The number of amides is 1. The summed E-state index contributed by atoms with van der Waals surface area (Å²) < 4.78 is 0. The van der Waals surface area contributed by atoms with Gasteiger partial charge in [-0.2, -0.15) is 0 Å². The third-order valence-corrected chi connectivity index (χ3v) is 3.95. The molecule has 0 bridgehead atoms. The fourth-order valence-electron chi connectivity index (χ4n) is 2.71. The number of carbonyl (C=O) groups is 1. The van der Waals surface area contributed by atoms with E-state index in [-0.39, 0.29) is 0 Å². The molecule has 0 aromatic carbocycles. The van der Waals surface area contributed by atoms with E-state index in [1.54, 1.807) is 0 Å². The maximum absolute atomic E-state index is 11.9. The van der Waals surface area contributed by atoms with Crippen molar-refractivity contribution in [2.24, 2.45) is 0 Å². The molecule has 0 atom stereocenters. The van der Waals surface area contributed by atoms with Gasteiger partial charge in [0.25, 0.3) is 0 Å². The molecule has 0 aromatic rings. The van der Waals surface area contributed by atoms with Crippen LogP contribution in [0.3, 0.4) is 0 Å². The molecular formula is C18H37NO. The van der Waals surface area contributed by atoms with Crippen LogP contribution in [0.5, 0.6) is 0 Å². The molecule has 20 heavy (non-hydrogen) atoms. The Bertz CT molecular complexity index is 209. The molecule has 0 radical (unpaired) electrons. The number of likely N-dealkylation sites (tertiary alicyclic amines) is 1. The third-order valence-electron chi connectivity index (χ3n) is 3.95. The van der Waals surface area contributed by atoms with E-state index in [1.165, 1.54) is 64.2 Å². The Morgan fingerprint density at radius 1 is 0.800 bits per heavy atom. The van der Waals surface area contributed by atoms with Gasteiger partial charge in [0, 0.05) is 19.5 Å². The summed E-state index contributed by atoms with van der Waals surface area (Å²) in [6.45, 7) is 8.28. The second-order valence-corrected chi connectivity index (χ2v) is 5.67. The highest BCUT2D eigenvalue weighted by atomic mass is 16.2. The highest BCUT2D eigenvalue weighted by Crippen LogP contribution is 2.13. The van der Waals surface area contributed by atoms with Crippen LogP contribution in [0.2, 0.25) is 0 Å². The molecule has 1 amide bonds. The van der Waals surface area contributed by atoms with Crippen molar-refractivity contribution < 1.29 is 4.79 Å². The maximum Gasteiger partial charge on any atom is 0.222 e. The van der Waals surface area contributed by atoms with Gasteiger partial charge in [0.2, 0.25) is 5.91 Å². The third kappa shape index (κ3) is 10.3. The average molecular weight is 284 g/mol. The van der Waals surface area contributed by atoms with Crippen LogP contribution < -0.4 is 0 Å². The van der Waals surface area contributed by atoms with Gasteiger partial charge in [0.15, 0.2) is 0 Å². The Labute approximate surface area is 127 Å². The summed E-state index contributed by atoms with van der Waals surface area (Å²) in [5, 5.41) is 0. The van der Waals surface area contributed by atoms with Crippen LogP contribution in [0.1, 0.15) is 97.8 Å². The SMILES string of the molecule is CC.CCCCCCCCCCC(=O)N1CCCCC1. The second-order valence-electron chi connectivity index (χ2n) is 5.67. The Morgan fingerprint density at radius 3 is 1.85 bits per heavy atom. The van der Waals surface area contributed by atoms with Crippen LogP contribution in [0.4, 0.5) is 0 Å².